The molecule has 0 aliphatic heterocycles. The molecule has 2 rings (SSSR count). The van der Waals surface area contributed by atoms with Crippen molar-refractivity contribution in [1.82, 2.24) is 25.5 Å². The van der Waals surface area contributed by atoms with Crippen molar-refractivity contribution in [3.63, 3.8) is 0 Å². The number of aromatic nitrogens is 2. The number of carbonyl (C=O) groups excluding carboxylic acids is 2. The van der Waals surface area contributed by atoms with Crippen LogP contribution in [0.25, 0.3) is 0 Å². The normalized spacial score (nSPS) is 14.9. The zero-order valence-electron chi connectivity index (χ0n) is 19.0. The van der Waals surface area contributed by atoms with Gasteiger partial charge in [-0.15, -0.1) is 0 Å². The van der Waals surface area contributed by atoms with Gasteiger partial charge in [-0.1, -0.05) is 43.5 Å². The first-order valence-corrected chi connectivity index (χ1v) is 11.8. The molecule has 0 aliphatic carbocycles. The molecule has 1 aromatic carbocycles. The Hall–Kier alpha value is -1.91. The van der Waals surface area contributed by atoms with Crippen molar-refractivity contribution in [3.8, 4) is 0 Å². The van der Waals surface area contributed by atoms with Crippen LogP contribution in [-0.4, -0.2) is 46.8 Å². The summed E-state index contributed by atoms with van der Waals surface area (Å²) >= 11 is 16.4. The maximum atomic E-state index is 13.3. The van der Waals surface area contributed by atoms with Gasteiger partial charge in [0.2, 0.25) is 11.8 Å². The SMILES string of the molecule is CC[C@H](C)[C@H](NC(=O)[C@@H](c1cc(Cl)cc(Cl)c1)N(C)C)C(=O)NCc1ccnc([C@@H](N)S)n1. The van der Waals surface area contributed by atoms with Gasteiger partial charge in [-0.25, -0.2) is 9.97 Å². The van der Waals surface area contributed by atoms with Crippen LogP contribution in [0.5, 0.6) is 0 Å². The minimum atomic E-state index is -0.743. The third kappa shape index (κ3) is 7.82. The zero-order chi connectivity index (χ0) is 24.7. The molecule has 33 heavy (non-hydrogen) atoms. The van der Waals surface area contributed by atoms with Crippen molar-refractivity contribution >= 4 is 47.6 Å². The maximum absolute atomic E-state index is 13.3. The van der Waals surface area contributed by atoms with Crippen LogP contribution in [0.4, 0.5) is 0 Å². The molecule has 0 bridgehead atoms. The molecule has 2 amide bonds. The molecule has 0 fully saturated rings. The fourth-order valence-electron chi connectivity index (χ4n) is 3.29. The van der Waals surface area contributed by atoms with E-state index < -0.39 is 17.5 Å². The molecule has 0 saturated carbocycles. The highest BCUT2D eigenvalue weighted by atomic mass is 35.5. The second-order valence-electron chi connectivity index (χ2n) is 8.01. The molecule has 0 spiro atoms. The van der Waals surface area contributed by atoms with Gasteiger partial charge in [0.05, 0.1) is 12.2 Å². The monoisotopic (exact) mass is 512 g/mol. The number of nitrogens with zero attached hydrogens (tertiary/aromatic N) is 3. The number of nitrogens with two attached hydrogens (primary N) is 1. The van der Waals surface area contributed by atoms with Crippen molar-refractivity contribution in [2.75, 3.05) is 14.1 Å². The molecule has 0 saturated heterocycles. The van der Waals surface area contributed by atoms with Gasteiger partial charge >= 0.3 is 0 Å². The maximum Gasteiger partial charge on any atom is 0.243 e. The first kappa shape index (κ1) is 27.3. The lowest BCUT2D eigenvalue weighted by Crippen LogP contribution is -2.52. The molecule has 1 aromatic heterocycles. The fourth-order valence-corrected chi connectivity index (χ4v) is 3.96. The Labute approximate surface area is 210 Å². The summed E-state index contributed by atoms with van der Waals surface area (Å²) in [5.74, 6) is -0.378. The van der Waals surface area contributed by atoms with E-state index in [9.17, 15) is 9.59 Å². The molecular weight excluding hydrogens is 483 g/mol. The topological polar surface area (TPSA) is 113 Å². The van der Waals surface area contributed by atoms with Crippen LogP contribution < -0.4 is 16.4 Å². The number of carbonyl (C=O) groups is 2. The van der Waals surface area contributed by atoms with Crippen molar-refractivity contribution in [2.45, 2.75) is 44.3 Å². The molecule has 180 valence electrons. The van der Waals surface area contributed by atoms with E-state index in [2.05, 4.69) is 33.2 Å². The summed E-state index contributed by atoms with van der Waals surface area (Å²) in [7, 11) is 3.55. The molecule has 0 radical (unpaired) electrons. The van der Waals surface area contributed by atoms with E-state index in [-0.39, 0.29) is 24.3 Å². The van der Waals surface area contributed by atoms with E-state index in [0.717, 1.165) is 0 Å². The molecule has 0 unspecified atom stereocenters. The van der Waals surface area contributed by atoms with Gasteiger partial charge in [-0.2, -0.15) is 12.6 Å². The standard InChI is InChI=1S/C22H30Cl2N6O2S/c1-5-12(2)17(21(31)27-11-16-6-7-26-20(28-16)19(25)33)29-22(32)18(30(3)4)13-8-14(23)10-15(24)9-13/h6-10,12,17-19,33H,5,11,25H2,1-4H3,(H,27,31)(H,29,32)/t12-,17-,18+,19-/m0/s1. The van der Waals surface area contributed by atoms with Crippen LogP contribution in [0.15, 0.2) is 30.5 Å². The highest BCUT2D eigenvalue weighted by molar-refractivity contribution is 7.80. The van der Waals surface area contributed by atoms with Gasteiger partial charge in [0, 0.05) is 16.2 Å². The lowest BCUT2D eigenvalue weighted by molar-refractivity contribution is -0.132. The Morgan fingerprint density at radius 3 is 2.36 bits per heavy atom. The second kappa shape index (κ2) is 12.5. The van der Waals surface area contributed by atoms with Crippen LogP contribution in [0.1, 0.15) is 48.8 Å². The molecule has 1 heterocycles. The smallest absolute Gasteiger partial charge is 0.243 e. The minimum Gasteiger partial charge on any atom is -0.349 e. The molecule has 8 nitrogen and oxygen atoms in total. The molecule has 11 heteroatoms. The third-order valence-corrected chi connectivity index (χ3v) is 5.87. The molecule has 0 aliphatic rings. The van der Waals surface area contributed by atoms with Gasteiger partial charge in [0.15, 0.2) is 5.82 Å². The summed E-state index contributed by atoms with van der Waals surface area (Å²) in [6, 6.07) is 5.24. The van der Waals surface area contributed by atoms with Crippen molar-refractivity contribution in [1.29, 1.82) is 0 Å². The molecular formula is C22H30Cl2N6O2S. The Bertz CT molecular complexity index is 955. The minimum absolute atomic E-state index is 0.105. The highest BCUT2D eigenvalue weighted by Gasteiger charge is 2.31. The van der Waals surface area contributed by atoms with Crippen LogP contribution in [-0.2, 0) is 16.1 Å². The molecule has 4 atom stereocenters. The number of halogens is 2. The van der Waals surface area contributed by atoms with Crippen LogP contribution >= 0.6 is 35.8 Å². The number of thiol groups is 1. The summed E-state index contributed by atoms with van der Waals surface area (Å²) in [5.41, 5.74) is 6.93. The van der Waals surface area contributed by atoms with E-state index in [1.807, 2.05) is 13.8 Å². The highest BCUT2D eigenvalue weighted by Crippen LogP contribution is 2.26. The van der Waals surface area contributed by atoms with Crippen LogP contribution in [0.2, 0.25) is 10.0 Å². The number of amides is 2. The van der Waals surface area contributed by atoms with Crippen LogP contribution in [0.3, 0.4) is 0 Å². The molecule has 4 N–H and O–H groups in total. The Balaban J connectivity index is 2.18. The lowest BCUT2D eigenvalue weighted by Gasteiger charge is -2.29. The first-order chi connectivity index (χ1) is 15.5. The van der Waals surface area contributed by atoms with E-state index in [1.165, 1.54) is 0 Å². The average molecular weight is 513 g/mol. The Kier molecular flexibility index (Phi) is 10.4. The van der Waals surface area contributed by atoms with Gasteiger partial charge in [-0.05, 0) is 49.8 Å². The summed E-state index contributed by atoms with van der Waals surface area (Å²) in [6.07, 6.45) is 2.26. The fraction of sp³-hybridized carbons (Fsp3) is 0.455. The largest absolute Gasteiger partial charge is 0.349 e. The van der Waals surface area contributed by atoms with Gasteiger partial charge in [0.1, 0.15) is 17.5 Å². The summed E-state index contributed by atoms with van der Waals surface area (Å²) in [6.45, 7) is 4.04. The number of benzene rings is 1. The summed E-state index contributed by atoms with van der Waals surface area (Å²) < 4.78 is 0. The van der Waals surface area contributed by atoms with E-state index >= 15 is 0 Å². The first-order valence-electron chi connectivity index (χ1n) is 10.5. The summed E-state index contributed by atoms with van der Waals surface area (Å²) in [4.78, 5) is 36.4. The predicted octanol–water partition coefficient (Wildman–Crippen LogP) is 3.12. The average Bonchev–Trinajstić information content (AvgIpc) is 2.74. The van der Waals surface area contributed by atoms with Crippen molar-refractivity contribution < 1.29 is 9.59 Å². The summed E-state index contributed by atoms with van der Waals surface area (Å²) in [5, 5.41) is 6.00. The second-order valence-corrected chi connectivity index (χ2v) is 9.44. The predicted molar refractivity (Wildman–Crippen MR) is 134 cm³/mol. The van der Waals surface area contributed by atoms with E-state index in [0.29, 0.717) is 33.5 Å². The van der Waals surface area contributed by atoms with E-state index in [1.54, 1.807) is 49.5 Å². The van der Waals surface area contributed by atoms with Crippen molar-refractivity contribution in [3.05, 3.63) is 57.6 Å². The van der Waals surface area contributed by atoms with Gasteiger partial charge in [-0.3, -0.25) is 14.5 Å². The number of hydrogen-bond donors (Lipinski definition) is 4. The lowest BCUT2D eigenvalue weighted by atomic mass is 9.97. The van der Waals surface area contributed by atoms with Gasteiger partial charge < -0.3 is 16.4 Å². The number of likely N-dealkylation sites (N-methyl/N-ethyl adjacent to an activating group) is 1. The molecule has 2 aromatic rings. The Morgan fingerprint density at radius 2 is 1.82 bits per heavy atom. The van der Waals surface area contributed by atoms with Crippen LogP contribution in [0, 0.1) is 5.92 Å². The third-order valence-electron chi connectivity index (χ3n) is 5.20. The van der Waals surface area contributed by atoms with Gasteiger partial charge in [0.25, 0.3) is 0 Å². The number of hydrogen-bond acceptors (Lipinski definition) is 7. The van der Waals surface area contributed by atoms with E-state index in [4.69, 9.17) is 28.9 Å². The Morgan fingerprint density at radius 1 is 1.18 bits per heavy atom. The zero-order valence-corrected chi connectivity index (χ0v) is 21.5. The van der Waals surface area contributed by atoms with Crippen molar-refractivity contribution in [2.24, 2.45) is 11.7 Å². The quantitative estimate of drug-likeness (QED) is 0.287. The number of rotatable bonds is 10. The number of nitrogens with one attached hydrogen (secondary N) is 2.